The largest absolute Gasteiger partial charge is 0.458 e. The van der Waals surface area contributed by atoms with Gasteiger partial charge in [-0.3, -0.25) is 19.9 Å². The van der Waals surface area contributed by atoms with Gasteiger partial charge >= 0.3 is 23.9 Å². The fourth-order valence-electron chi connectivity index (χ4n) is 3.77. The van der Waals surface area contributed by atoms with Gasteiger partial charge in [0, 0.05) is 49.6 Å². The minimum atomic E-state index is -2.01. The number of aromatic nitrogens is 4. The van der Waals surface area contributed by atoms with Crippen LogP contribution in [0.5, 0.6) is 0 Å². The summed E-state index contributed by atoms with van der Waals surface area (Å²) in [6, 6.07) is 11.5. The van der Waals surface area contributed by atoms with Crippen LogP contribution in [0, 0.1) is 0 Å². The summed E-state index contributed by atoms with van der Waals surface area (Å²) in [4.78, 5) is 67.0. The molecule has 0 aliphatic heterocycles. The predicted octanol–water partition coefficient (Wildman–Crippen LogP) is 1.45. The van der Waals surface area contributed by atoms with Crippen molar-refractivity contribution in [3.05, 3.63) is 120 Å². The highest BCUT2D eigenvalue weighted by atomic mass is 16.6. The van der Waals surface area contributed by atoms with Crippen molar-refractivity contribution in [1.82, 2.24) is 19.9 Å². The molecule has 0 saturated carbocycles. The van der Waals surface area contributed by atoms with E-state index in [1.165, 1.54) is 98.1 Å². The average Bonchev–Trinajstić information content (AvgIpc) is 3.08. The molecule has 0 amide bonds. The SMILES string of the molecule is O=C(OC[C@@H](OC(=O)c1cccnc1)[C@@H](OC(=O)c1cccnc1)[C@H](O)[C@@H](CO)OC(=O)c1cccnc1)c1cccnc1. The number of hydrogen-bond donors (Lipinski definition) is 2. The normalized spacial score (nSPS) is 13.4. The molecule has 0 aliphatic carbocycles. The molecule has 4 heterocycles. The maximum absolute atomic E-state index is 13.1. The summed E-state index contributed by atoms with van der Waals surface area (Å²) in [6.45, 7) is -1.68. The number of esters is 4. The van der Waals surface area contributed by atoms with E-state index in [0.29, 0.717) is 0 Å². The van der Waals surface area contributed by atoms with Crippen LogP contribution in [0.3, 0.4) is 0 Å². The minimum absolute atomic E-state index is 0.00649. The number of rotatable bonds is 13. The first-order valence-corrected chi connectivity index (χ1v) is 13.1. The lowest BCUT2D eigenvalue weighted by molar-refractivity contribution is -0.134. The van der Waals surface area contributed by atoms with Gasteiger partial charge in [-0.2, -0.15) is 0 Å². The predicted molar refractivity (Wildman–Crippen MR) is 148 cm³/mol. The molecular formula is C30H26N4O10. The van der Waals surface area contributed by atoms with Gasteiger partial charge in [0.15, 0.2) is 18.3 Å². The van der Waals surface area contributed by atoms with Crippen molar-refractivity contribution < 1.29 is 48.3 Å². The Morgan fingerprint density at radius 1 is 0.591 bits per heavy atom. The van der Waals surface area contributed by atoms with Gasteiger partial charge in [-0.1, -0.05) is 0 Å². The maximum atomic E-state index is 13.1. The molecule has 4 aromatic heterocycles. The summed E-state index contributed by atoms with van der Waals surface area (Å²) in [7, 11) is 0. The Hall–Kier alpha value is -5.60. The molecule has 0 aliphatic rings. The van der Waals surface area contributed by atoms with Crippen LogP contribution in [0.2, 0.25) is 0 Å². The van der Waals surface area contributed by atoms with Gasteiger partial charge in [0.2, 0.25) is 0 Å². The molecule has 0 radical (unpaired) electrons. The number of carbonyl (C=O) groups excluding carboxylic acids is 4. The number of ether oxygens (including phenoxy) is 4. The van der Waals surface area contributed by atoms with E-state index in [1.807, 2.05) is 0 Å². The van der Waals surface area contributed by atoms with Gasteiger partial charge in [-0.15, -0.1) is 0 Å². The zero-order valence-corrected chi connectivity index (χ0v) is 22.9. The number of hydrogen-bond acceptors (Lipinski definition) is 14. The summed E-state index contributed by atoms with van der Waals surface area (Å²) in [5.41, 5.74) is 0.0202. The van der Waals surface area contributed by atoms with E-state index < -0.39 is 61.5 Å². The van der Waals surface area contributed by atoms with Gasteiger partial charge in [0.1, 0.15) is 12.7 Å². The van der Waals surface area contributed by atoms with Crippen LogP contribution < -0.4 is 0 Å². The van der Waals surface area contributed by atoms with E-state index in [2.05, 4.69) is 19.9 Å². The molecule has 0 spiro atoms. The van der Waals surface area contributed by atoms with Gasteiger partial charge in [-0.05, 0) is 48.5 Å². The summed E-state index contributed by atoms with van der Waals surface area (Å²) >= 11 is 0. The van der Waals surface area contributed by atoms with Crippen LogP contribution >= 0.6 is 0 Å². The molecular weight excluding hydrogens is 576 g/mol. The Balaban J connectivity index is 1.66. The first-order chi connectivity index (χ1) is 21.4. The Morgan fingerprint density at radius 3 is 1.36 bits per heavy atom. The first kappa shape index (κ1) is 31.3. The first-order valence-electron chi connectivity index (χ1n) is 13.1. The lowest BCUT2D eigenvalue weighted by atomic mass is 10.0. The second-order valence-corrected chi connectivity index (χ2v) is 9.00. The van der Waals surface area contributed by atoms with Gasteiger partial charge in [-0.25, -0.2) is 19.2 Å². The molecule has 0 aromatic carbocycles. The van der Waals surface area contributed by atoms with Crippen molar-refractivity contribution in [2.45, 2.75) is 24.4 Å². The molecule has 0 fully saturated rings. The third-order valence-corrected chi connectivity index (χ3v) is 5.99. The number of carbonyl (C=O) groups is 4. The van der Waals surface area contributed by atoms with Crippen molar-refractivity contribution in [3.63, 3.8) is 0 Å². The molecule has 0 bridgehead atoms. The van der Waals surface area contributed by atoms with Gasteiger partial charge in [0.05, 0.1) is 28.9 Å². The van der Waals surface area contributed by atoms with Gasteiger partial charge < -0.3 is 29.2 Å². The number of aliphatic hydroxyl groups excluding tert-OH is 2. The van der Waals surface area contributed by atoms with Crippen LogP contribution in [0.15, 0.2) is 98.1 Å². The molecule has 0 unspecified atom stereocenters. The van der Waals surface area contributed by atoms with Crippen molar-refractivity contribution in [1.29, 1.82) is 0 Å². The van der Waals surface area contributed by atoms with Crippen LogP contribution in [0.25, 0.3) is 0 Å². The third-order valence-electron chi connectivity index (χ3n) is 5.99. The fraction of sp³-hybridized carbons (Fsp3) is 0.200. The van der Waals surface area contributed by atoms with Crippen molar-refractivity contribution in [2.75, 3.05) is 13.2 Å². The zero-order valence-electron chi connectivity index (χ0n) is 22.9. The third kappa shape index (κ3) is 8.47. The second-order valence-electron chi connectivity index (χ2n) is 9.00. The second kappa shape index (κ2) is 15.6. The molecule has 44 heavy (non-hydrogen) atoms. The van der Waals surface area contributed by atoms with Crippen LogP contribution in [0.1, 0.15) is 41.4 Å². The summed E-state index contributed by atoms with van der Waals surface area (Å²) in [5, 5.41) is 21.5. The van der Waals surface area contributed by atoms with Crippen LogP contribution in [0.4, 0.5) is 0 Å². The fourth-order valence-corrected chi connectivity index (χ4v) is 3.77. The number of pyridine rings is 4. The zero-order chi connectivity index (χ0) is 31.3. The molecule has 4 atom stereocenters. The van der Waals surface area contributed by atoms with Crippen molar-refractivity contribution in [3.8, 4) is 0 Å². The molecule has 0 saturated heterocycles. The minimum Gasteiger partial charge on any atom is -0.458 e. The van der Waals surface area contributed by atoms with Crippen molar-refractivity contribution in [2.24, 2.45) is 0 Å². The highest BCUT2D eigenvalue weighted by molar-refractivity contribution is 5.91. The molecule has 4 rings (SSSR count). The highest BCUT2D eigenvalue weighted by Crippen LogP contribution is 2.20. The van der Waals surface area contributed by atoms with Gasteiger partial charge in [0.25, 0.3) is 0 Å². The van der Waals surface area contributed by atoms with Crippen LogP contribution in [-0.2, 0) is 18.9 Å². The quantitative estimate of drug-likeness (QED) is 0.165. The smallest absolute Gasteiger partial charge is 0.340 e. The van der Waals surface area contributed by atoms with E-state index in [-0.39, 0.29) is 22.3 Å². The number of aliphatic hydroxyl groups is 2. The average molecular weight is 603 g/mol. The Morgan fingerprint density at radius 2 is 0.977 bits per heavy atom. The van der Waals surface area contributed by atoms with E-state index in [4.69, 9.17) is 18.9 Å². The Labute approximate surface area is 250 Å². The van der Waals surface area contributed by atoms with E-state index in [1.54, 1.807) is 0 Å². The standard InChI is InChI=1S/C30H26N4O10/c35-17-23(42-28(38)20-6-2-10-32-14-20)25(36)26(44-30(40)22-8-4-12-34-16-22)24(43-29(39)21-7-3-11-33-15-21)18-41-27(37)19-5-1-9-31-13-19/h1-16,23-26,35-36H,17-18H2/t23-,24-,25-,26-/m1/s1. The van der Waals surface area contributed by atoms with Crippen molar-refractivity contribution >= 4 is 23.9 Å². The van der Waals surface area contributed by atoms with E-state index in [0.717, 1.165) is 0 Å². The molecule has 14 heteroatoms. The summed E-state index contributed by atoms with van der Waals surface area (Å²) in [6.07, 6.45) is 3.30. The molecule has 14 nitrogen and oxygen atoms in total. The van der Waals surface area contributed by atoms with E-state index >= 15 is 0 Å². The lowest BCUT2D eigenvalue weighted by Crippen LogP contribution is -2.52. The van der Waals surface area contributed by atoms with E-state index in [9.17, 15) is 29.4 Å². The Kier molecular flexibility index (Phi) is 11.1. The maximum Gasteiger partial charge on any atom is 0.340 e. The topological polar surface area (TPSA) is 197 Å². The highest BCUT2D eigenvalue weighted by Gasteiger charge is 2.42. The monoisotopic (exact) mass is 602 g/mol. The summed E-state index contributed by atoms with van der Waals surface area (Å²) in [5.74, 6) is -3.81. The molecule has 4 aromatic rings. The summed E-state index contributed by atoms with van der Waals surface area (Å²) < 4.78 is 21.8. The molecule has 226 valence electrons. The molecule has 2 N–H and O–H groups in total. The number of nitrogens with zero attached hydrogens (tertiary/aromatic N) is 4. The van der Waals surface area contributed by atoms with Crippen LogP contribution in [-0.4, -0.2) is 91.7 Å². The lowest BCUT2D eigenvalue weighted by Gasteiger charge is -2.33. The Bertz CT molecular complexity index is 1530.